The number of aliphatic hydroxyl groups excluding tert-OH is 11. The lowest BCUT2D eigenvalue weighted by molar-refractivity contribution is -0.379. The first kappa shape index (κ1) is 79.5. The molecule has 3 heterocycles. The highest BCUT2D eigenvalue weighted by Crippen LogP contribution is 2.33. The van der Waals surface area contributed by atoms with Crippen LogP contribution in [-0.4, -0.2) is 193 Å². The number of aliphatic hydroxyl groups is 11. The minimum absolute atomic E-state index is 0.246. The Morgan fingerprint density at radius 2 is 0.759 bits per heavy atom. The molecule has 19 nitrogen and oxygen atoms in total. The number of hydrogen-bond donors (Lipinski definition) is 12. The zero-order chi connectivity index (χ0) is 63.3. The van der Waals surface area contributed by atoms with Gasteiger partial charge in [0.25, 0.3) is 0 Å². The van der Waals surface area contributed by atoms with Crippen molar-refractivity contribution in [2.24, 2.45) is 0 Å². The summed E-state index contributed by atoms with van der Waals surface area (Å²) in [4.78, 5) is 13.3. The second kappa shape index (κ2) is 50.8. The van der Waals surface area contributed by atoms with Gasteiger partial charge in [0.2, 0.25) is 5.91 Å². The smallest absolute Gasteiger partial charge is 0.220 e. The van der Waals surface area contributed by atoms with Crippen LogP contribution >= 0.6 is 0 Å². The third-order valence-electron chi connectivity index (χ3n) is 17.8. The molecule has 17 unspecified atom stereocenters. The second-order valence-electron chi connectivity index (χ2n) is 25.3. The Kier molecular flexibility index (Phi) is 46.4. The molecule has 17 atom stereocenters. The summed E-state index contributed by atoms with van der Waals surface area (Å²) in [6.07, 6.45) is 31.0. The van der Waals surface area contributed by atoms with Crippen molar-refractivity contribution < 1.29 is 89.4 Å². The Labute approximate surface area is 524 Å². The summed E-state index contributed by atoms with van der Waals surface area (Å²) in [7, 11) is 0. The van der Waals surface area contributed by atoms with Crippen LogP contribution in [0, 0.1) is 0 Å². The first-order chi connectivity index (χ1) is 42.3. The molecule has 0 saturated carbocycles. The van der Waals surface area contributed by atoms with Crippen LogP contribution in [0.1, 0.15) is 271 Å². The highest BCUT2D eigenvalue weighted by atomic mass is 16.8. The van der Waals surface area contributed by atoms with Gasteiger partial charge in [-0.3, -0.25) is 4.79 Å². The maximum absolute atomic E-state index is 13.3. The molecule has 87 heavy (non-hydrogen) atoms. The van der Waals surface area contributed by atoms with Crippen molar-refractivity contribution in [1.82, 2.24) is 5.32 Å². The largest absolute Gasteiger partial charge is 0.394 e. The van der Waals surface area contributed by atoms with Crippen LogP contribution < -0.4 is 5.32 Å². The summed E-state index contributed by atoms with van der Waals surface area (Å²) in [6, 6.07) is -0.880. The van der Waals surface area contributed by atoms with Gasteiger partial charge in [-0.15, -0.1) is 0 Å². The number of allylic oxidation sites excluding steroid dienone is 4. The molecular formula is C68H127NO18. The van der Waals surface area contributed by atoms with E-state index in [1.54, 1.807) is 0 Å². The summed E-state index contributed by atoms with van der Waals surface area (Å²) in [5.74, 6) is -0.246. The van der Waals surface area contributed by atoms with E-state index in [0.717, 1.165) is 57.8 Å². The maximum atomic E-state index is 13.3. The molecular weight excluding hydrogens is 1120 g/mol. The molecule has 3 fully saturated rings. The number of ether oxygens (including phenoxy) is 6. The molecule has 0 bridgehead atoms. The normalized spacial score (nSPS) is 28.7. The first-order valence-corrected chi connectivity index (χ1v) is 35.1. The number of nitrogens with one attached hydrogen (secondary N) is 1. The highest BCUT2D eigenvalue weighted by Gasteiger charge is 2.53. The monoisotopic (exact) mass is 1250 g/mol. The summed E-state index contributed by atoms with van der Waals surface area (Å²) in [6.45, 7) is 1.69. The van der Waals surface area contributed by atoms with E-state index in [9.17, 15) is 61.0 Å². The predicted molar refractivity (Wildman–Crippen MR) is 337 cm³/mol. The Morgan fingerprint density at radius 1 is 0.414 bits per heavy atom. The molecule has 3 saturated heterocycles. The lowest BCUT2D eigenvalue weighted by Crippen LogP contribution is -2.66. The number of carbonyl (C=O) groups excluding carboxylic acids is 1. The van der Waals surface area contributed by atoms with Crippen LogP contribution in [0.3, 0.4) is 0 Å². The van der Waals surface area contributed by atoms with Gasteiger partial charge in [-0.25, -0.2) is 0 Å². The maximum Gasteiger partial charge on any atom is 0.220 e. The lowest BCUT2D eigenvalue weighted by atomic mass is 9.96. The fourth-order valence-electron chi connectivity index (χ4n) is 12.1. The van der Waals surface area contributed by atoms with Gasteiger partial charge >= 0.3 is 0 Å². The van der Waals surface area contributed by atoms with Crippen molar-refractivity contribution in [3.05, 3.63) is 24.3 Å². The summed E-state index contributed by atoms with van der Waals surface area (Å²) in [5, 5.41) is 120. The Bertz CT molecular complexity index is 1680. The van der Waals surface area contributed by atoms with E-state index in [4.69, 9.17) is 28.4 Å². The topological polar surface area (TPSA) is 307 Å². The molecule has 512 valence electrons. The minimum Gasteiger partial charge on any atom is -0.394 e. The van der Waals surface area contributed by atoms with Crippen LogP contribution in [0.15, 0.2) is 24.3 Å². The highest BCUT2D eigenvalue weighted by molar-refractivity contribution is 5.76. The number of carbonyl (C=O) groups is 1. The van der Waals surface area contributed by atoms with E-state index in [1.807, 2.05) is 0 Å². The zero-order valence-electron chi connectivity index (χ0n) is 54.0. The molecule has 3 aliphatic heterocycles. The molecule has 3 aliphatic rings. The second-order valence-corrected chi connectivity index (χ2v) is 25.3. The van der Waals surface area contributed by atoms with Gasteiger partial charge in [0, 0.05) is 6.42 Å². The van der Waals surface area contributed by atoms with Gasteiger partial charge in [0.15, 0.2) is 18.9 Å². The van der Waals surface area contributed by atoms with E-state index in [2.05, 4.69) is 43.5 Å². The van der Waals surface area contributed by atoms with E-state index < -0.39 is 124 Å². The number of hydrogen-bond acceptors (Lipinski definition) is 18. The molecule has 12 N–H and O–H groups in total. The third-order valence-corrected chi connectivity index (χ3v) is 17.8. The van der Waals surface area contributed by atoms with Crippen molar-refractivity contribution in [2.45, 2.75) is 375 Å². The minimum atomic E-state index is -1.97. The van der Waals surface area contributed by atoms with Crippen molar-refractivity contribution >= 4 is 5.91 Å². The fraction of sp³-hybridized carbons (Fsp3) is 0.926. The van der Waals surface area contributed by atoms with E-state index in [0.29, 0.717) is 12.8 Å². The van der Waals surface area contributed by atoms with Crippen molar-refractivity contribution in [3.63, 3.8) is 0 Å². The molecule has 0 aromatic carbocycles. The number of amides is 1. The average Bonchev–Trinajstić information content (AvgIpc) is 2.33. The van der Waals surface area contributed by atoms with Crippen LogP contribution in [0.4, 0.5) is 0 Å². The lowest BCUT2D eigenvalue weighted by Gasteiger charge is -2.48. The van der Waals surface area contributed by atoms with Crippen LogP contribution in [0.2, 0.25) is 0 Å². The molecule has 0 aromatic rings. The molecule has 3 rings (SSSR count). The average molecular weight is 1250 g/mol. The third kappa shape index (κ3) is 33.1. The summed E-state index contributed by atoms with van der Waals surface area (Å²) < 4.78 is 34.2. The van der Waals surface area contributed by atoms with E-state index in [1.165, 1.54) is 180 Å². The van der Waals surface area contributed by atoms with Gasteiger partial charge in [-0.2, -0.15) is 0 Å². The Morgan fingerprint density at radius 3 is 1.17 bits per heavy atom. The number of rotatable bonds is 54. The van der Waals surface area contributed by atoms with Gasteiger partial charge in [0.05, 0.1) is 38.6 Å². The molecule has 0 radical (unpaired) electrons. The first-order valence-electron chi connectivity index (χ1n) is 35.1. The van der Waals surface area contributed by atoms with E-state index in [-0.39, 0.29) is 18.9 Å². The summed E-state index contributed by atoms with van der Waals surface area (Å²) in [5.41, 5.74) is 0. The zero-order valence-corrected chi connectivity index (χ0v) is 54.0. The van der Waals surface area contributed by atoms with Crippen LogP contribution in [-0.2, 0) is 33.2 Å². The summed E-state index contributed by atoms with van der Waals surface area (Å²) >= 11 is 0. The molecule has 1 amide bonds. The Hall–Kier alpha value is -1.73. The van der Waals surface area contributed by atoms with E-state index >= 15 is 0 Å². The van der Waals surface area contributed by atoms with Crippen molar-refractivity contribution in [1.29, 1.82) is 0 Å². The molecule has 0 aromatic heterocycles. The molecule has 0 aliphatic carbocycles. The standard InChI is InChI=1S/C68H127NO18/c1-3-5-7-9-10-11-12-13-14-15-16-17-18-19-20-21-22-23-24-25-26-27-28-29-30-31-32-33-34-35-36-37-38-39-40-42-44-46-56(74)69-51(52(73)45-43-41-8-6-4-2)50-82-66-62(80)59(77)64(54(48-71)84-66)87-68-63(81)60(78)65(55(49-72)85-68)86-67-61(79)58(76)57(75)53(47-70)83-67/h12-13,15-16,51-55,57-68,70-73,75-81H,3-11,14,17-50H2,1-2H3,(H,69,74)/b13-12-,16-15-. The van der Waals surface area contributed by atoms with Crippen LogP contribution in [0.5, 0.6) is 0 Å². The SMILES string of the molecule is CCCCCCC/C=C\C/C=C\CCCCCCCCCCCCCCCCCCCCCCCCCCCC(=O)NC(COC1OC(CO)C(OC2OC(CO)C(OC3OC(CO)C(O)C(O)C3O)C(O)C2O)C(O)C1O)C(O)CCCCCCC. The fourth-order valence-corrected chi connectivity index (χ4v) is 12.1. The van der Waals surface area contributed by atoms with Crippen molar-refractivity contribution in [3.8, 4) is 0 Å². The van der Waals surface area contributed by atoms with Gasteiger partial charge < -0.3 is 89.9 Å². The predicted octanol–water partition coefficient (Wildman–Crippen LogP) is 9.05. The molecule has 0 spiro atoms. The van der Waals surface area contributed by atoms with Gasteiger partial charge in [-0.1, -0.05) is 244 Å². The van der Waals surface area contributed by atoms with Gasteiger partial charge in [-0.05, 0) is 44.9 Å². The number of unbranched alkanes of at least 4 members (excludes halogenated alkanes) is 34. The molecule has 19 heteroatoms. The van der Waals surface area contributed by atoms with Crippen molar-refractivity contribution in [2.75, 3.05) is 26.4 Å². The Balaban J connectivity index is 1.23. The van der Waals surface area contributed by atoms with Gasteiger partial charge in [0.1, 0.15) is 73.2 Å². The quantitative estimate of drug-likeness (QED) is 0.0200. The van der Waals surface area contributed by atoms with Crippen LogP contribution in [0.25, 0.3) is 0 Å².